The molecule has 3 aliphatic heterocycles. The molecule has 9 heteroatoms. The lowest BCUT2D eigenvalue weighted by molar-refractivity contribution is 0.0621. The Balaban J connectivity index is 0.000000179. The number of carbonyl (C=O) groups excluding carboxylic acids is 4. The summed E-state index contributed by atoms with van der Waals surface area (Å²) >= 11 is 3.28. The van der Waals surface area contributed by atoms with Crippen molar-refractivity contribution < 1.29 is 24.3 Å². The van der Waals surface area contributed by atoms with Gasteiger partial charge in [0, 0.05) is 31.5 Å². The van der Waals surface area contributed by atoms with Crippen LogP contribution in [0, 0.1) is 0 Å². The molecule has 3 heterocycles. The van der Waals surface area contributed by atoms with Crippen LogP contribution in [0.3, 0.4) is 0 Å². The Kier molecular flexibility index (Phi) is 8.66. The van der Waals surface area contributed by atoms with Gasteiger partial charge in [0.1, 0.15) is 0 Å². The number of rotatable bonds is 7. The van der Waals surface area contributed by atoms with Gasteiger partial charge in [-0.05, 0) is 56.5 Å². The molecule has 0 unspecified atom stereocenters. The Labute approximate surface area is 219 Å². The lowest BCUT2D eigenvalue weighted by Gasteiger charge is -2.29. The van der Waals surface area contributed by atoms with Crippen molar-refractivity contribution in [3.8, 4) is 0 Å². The summed E-state index contributed by atoms with van der Waals surface area (Å²) in [7, 11) is 0. The zero-order valence-electron chi connectivity index (χ0n) is 20.1. The van der Waals surface area contributed by atoms with Gasteiger partial charge in [0.2, 0.25) is 0 Å². The van der Waals surface area contributed by atoms with Crippen molar-refractivity contribution in [1.82, 2.24) is 14.7 Å². The lowest BCUT2D eigenvalue weighted by atomic mass is 10.1. The first-order valence-electron chi connectivity index (χ1n) is 12.3. The van der Waals surface area contributed by atoms with Crippen molar-refractivity contribution in [1.29, 1.82) is 0 Å². The third-order valence-electron chi connectivity index (χ3n) is 6.68. The van der Waals surface area contributed by atoms with Crippen LogP contribution in [0.5, 0.6) is 0 Å². The predicted molar refractivity (Wildman–Crippen MR) is 138 cm³/mol. The van der Waals surface area contributed by atoms with E-state index >= 15 is 0 Å². The van der Waals surface area contributed by atoms with Crippen LogP contribution in [0.2, 0.25) is 0 Å². The summed E-state index contributed by atoms with van der Waals surface area (Å²) in [5.41, 5.74) is 2.08. The van der Waals surface area contributed by atoms with E-state index in [9.17, 15) is 24.3 Å². The number of imide groups is 2. The van der Waals surface area contributed by atoms with Crippen molar-refractivity contribution in [2.45, 2.75) is 31.8 Å². The monoisotopic (exact) mass is 555 g/mol. The average Bonchev–Trinajstić information content (AvgIpc) is 3.29. The van der Waals surface area contributed by atoms with E-state index in [0.29, 0.717) is 35.3 Å². The summed E-state index contributed by atoms with van der Waals surface area (Å²) < 4.78 is 0. The molecule has 0 aliphatic carbocycles. The molecule has 4 amide bonds. The highest BCUT2D eigenvalue weighted by molar-refractivity contribution is 9.09. The Bertz CT molecular complexity index is 1080. The van der Waals surface area contributed by atoms with Crippen LogP contribution < -0.4 is 0 Å². The van der Waals surface area contributed by atoms with E-state index in [0.717, 1.165) is 50.6 Å². The standard InChI is InChI=1S/C16H20N2O3.C11H10BrNO2/c19-12-6-10-17(11-7-12)8-3-9-18-15(20)13-4-1-2-5-14(13)16(18)21;12-6-3-7-13-10(14)8-4-1-2-5-9(8)11(13)15/h1-2,4-5,12,19H,3,6-11H2;1-2,4-5H,3,6-7H2. The van der Waals surface area contributed by atoms with E-state index in [1.54, 1.807) is 48.5 Å². The average molecular weight is 556 g/mol. The van der Waals surface area contributed by atoms with Gasteiger partial charge in [-0.15, -0.1) is 0 Å². The second-order valence-corrected chi connectivity index (χ2v) is 9.88. The molecule has 2 aromatic rings. The van der Waals surface area contributed by atoms with E-state index in [1.807, 2.05) is 0 Å². The molecule has 0 radical (unpaired) electrons. The normalized spacial score (nSPS) is 17.8. The molecule has 1 saturated heterocycles. The van der Waals surface area contributed by atoms with Crippen molar-refractivity contribution in [2.75, 3.05) is 38.1 Å². The number of fused-ring (bicyclic) bond motifs is 2. The molecule has 1 fully saturated rings. The minimum absolute atomic E-state index is 0.169. The van der Waals surface area contributed by atoms with Crippen molar-refractivity contribution >= 4 is 39.6 Å². The Morgan fingerprint density at radius 2 is 1.06 bits per heavy atom. The Morgan fingerprint density at radius 3 is 1.44 bits per heavy atom. The number of aliphatic hydroxyl groups excluding tert-OH is 1. The van der Waals surface area contributed by atoms with Gasteiger partial charge in [0.25, 0.3) is 23.6 Å². The summed E-state index contributed by atoms with van der Waals surface area (Å²) in [4.78, 5) is 52.9. The van der Waals surface area contributed by atoms with E-state index in [4.69, 9.17) is 0 Å². The van der Waals surface area contributed by atoms with Gasteiger partial charge < -0.3 is 10.0 Å². The van der Waals surface area contributed by atoms with E-state index in [2.05, 4.69) is 20.8 Å². The summed E-state index contributed by atoms with van der Waals surface area (Å²) in [6.45, 7) is 3.59. The van der Waals surface area contributed by atoms with Crippen LogP contribution in [-0.4, -0.2) is 87.6 Å². The highest BCUT2D eigenvalue weighted by Crippen LogP contribution is 2.23. The zero-order chi connectivity index (χ0) is 25.7. The fourth-order valence-electron chi connectivity index (χ4n) is 4.70. The van der Waals surface area contributed by atoms with Crippen LogP contribution in [-0.2, 0) is 0 Å². The molecule has 0 aromatic heterocycles. The quantitative estimate of drug-likeness (QED) is 0.416. The number of alkyl halides is 1. The van der Waals surface area contributed by atoms with E-state index in [-0.39, 0.29) is 29.7 Å². The number of nitrogens with zero attached hydrogens (tertiary/aromatic N) is 3. The molecule has 36 heavy (non-hydrogen) atoms. The SMILES string of the molecule is O=C1c2ccccc2C(=O)N1CCCBr.O=C1c2ccccc2C(=O)N1CCCN1CCC(O)CC1. The molecule has 5 rings (SSSR count). The first kappa shape index (κ1) is 26.2. The summed E-state index contributed by atoms with van der Waals surface area (Å²) in [6, 6.07) is 13.9. The van der Waals surface area contributed by atoms with Gasteiger partial charge in [-0.25, -0.2) is 0 Å². The highest BCUT2D eigenvalue weighted by Gasteiger charge is 2.35. The largest absolute Gasteiger partial charge is 0.393 e. The summed E-state index contributed by atoms with van der Waals surface area (Å²) in [6.07, 6.45) is 3.02. The van der Waals surface area contributed by atoms with Gasteiger partial charge in [-0.2, -0.15) is 0 Å². The number of hydrogen-bond donors (Lipinski definition) is 1. The molecular formula is C27H30BrN3O5. The third-order valence-corrected chi connectivity index (χ3v) is 7.25. The fourth-order valence-corrected chi connectivity index (χ4v) is 4.95. The maximum Gasteiger partial charge on any atom is 0.261 e. The second kappa shape index (κ2) is 11.9. The highest BCUT2D eigenvalue weighted by atomic mass is 79.9. The molecule has 0 bridgehead atoms. The molecule has 8 nitrogen and oxygen atoms in total. The lowest BCUT2D eigenvalue weighted by Crippen LogP contribution is -2.38. The van der Waals surface area contributed by atoms with Crippen molar-refractivity contribution in [3.63, 3.8) is 0 Å². The van der Waals surface area contributed by atoms with E-state index in [1.165, 1.54) is 9.80 Å². The Morgan fingerprint density at radius 1 is 0.667 bits per heavy atom. The number of carbonyl (C=O) groups is 4. The first-order chi connectivity index (χ1) is 17.4. The zero-order valence-corrected chi connectivity index (χ0v) is 21.7. The molecule has 3 aliphatic rings. The fraction of sp³-hybridized carbons (Fsp3) is 0.407. The second-order valence-electron chi connectivity index (χ2n) is 9.08. The number of hydrogen-bond acceptors (Lipinski definition) is 6. The molecule has 0 spiro atoms. The number of piperidine rings is 1. The maximum atomic E-state index is 12.2. The number of aliphatic hydroxyl groups is 1. The Hall–Kier alpha value is -2.88. The molecule has 190 valence electrons. The molecule has 2 aromatic carbocycles. The molecule has 0 atom stereocenters. The van der Waals surface area contributed by atoms with Gasteiger partial charge in [-0.3, -0.25) is 29.0 Å². The molecular weight excluding hydrogens is 526 g/mol. The van der Waals surface area contributed by atoms with E-state index < -0.39 is 0 Å². The maximum absolute atomic E-state index is 12.2. The summed E-state index contributed by atoms with van der Waals surface area (Å²) in [5.74, 6) is -0.692. The van der Waals surface area contributed by atoms with Gasteiger partial charge >= 0.3 is 0 Å². The summed E-state index contributed by atoms with van der Waals surface area (Å²) in [5, 5.41) is 10.3. The minimum atomic E-state index is -0.176. The minimum Gasteiger partial charge on any atom is -0.393 e. The van der Waals surface area contributed by atoms with Gasteiger partial charge in [0.15, 0.2) is 0 Å². The van der Waals surface area contributed by atoms with Crippen LogP contribution in [0.15, 0.2) is 48.5 Å². The van der Waals surface area contributed by atoms with Crippen LogP contribution in [0.1, 0.15) is 67.1 Å². The number of halogens is 1. The topological polar surface area (TPSA) is 98.2 Å². The van der Waals surface area contributed by atoms with Gasteiger partial charge in [-0.1, -0.05) is 40.2 Å². The number of likely N-dealkylation sites (tertiary alicyclic amines) is 1. The van der Waals surface area contributed by atoms with Gasteiger partial charge in [0.05, 0.1) is 28.4 Å². The molecule has 1 N–H and O–H groups in total. The third kappa shape index (κ3) is 5.58. The van der Waals surface area contributed by atoms with Crippen LogP contribution >= 0.6 is 15.9 Å². The smallest absolute Gasteiger partial charge is 0.261 e. The van der Waals surface area contributed by atoms with Crippen molar-refractivity contribution in [2.24, 2.45) is 0 Å². The van der Waals surface area contributed by atoms with Crippen LogP contribution in [0.25, 0.3) is 0 Å². The van der Waals surface area contributed by atoms with Crippen LogP contribution in [0.4, 0.5) is 0 Å². The predicted octanol–water partition coefficient (Wildman–Crippen LogP) is 3.20. The van der Waals surface area contributed by atoms with Crippen molar-refractivity contribution in [3.05, 3.63) is 70.8 Å². The number of amides is 4. The molecule has 0 saturated carbocycles. The first-order valence-corrected chi connectivity index (χ1v) is 13.4. The number of benzene rings is 2.